The van der Waals surface area contributed by atoms with Gasteiger partial charge in [-0.15, -0.1) is 11.8 Å². The smallest absolute Gasteiger partial charge is 0.381 e. The van der Waals surface area contributed by atoms with E-state index in [-0.39, 0.29) is 11.4 Å². The number of nitrogens with zero attached hydrogens (tertiary/aromatic N) is 3. The quantitative estimate of drug-likeness (QED) is 0.523. The summed E-state index contributed by atoms with van der Waals surface area (Å²) in [6.45, 7) is 0. The lowest BCUT2D eigenvalue weighted by Crippen LogP contribution is -2.06. The molecule has 0 saturated carbocycles. The average Bonchev–Trinajstić information content (AvgIpc) is 2.87. The van der Waals surface area contributed by atoms with Crippen LogP contribution in [0.4, 0.5) is 5.82 Å². The first-order valence-electron chi connectivity index (χ1n) is 5.13. The van der Waals surface area contributed by atoms with E-state index >= 15 is 0 Å². The number of thioether (sulfide) groups is 1. The highest BCUT2D eigenvalue weighted by Gasteiger charge is 2.19. The summed E-state index contributed by atoms with van der Waals surface area (Å²) in [5.74, 6) is -1.41. The molecule has 98 valence electrons. The number of carboxylic acid groups (broad SMARTS) is 1. The number of aromatic nitrogens is 2. The molecule has 8 heteroatoms. The molecule has 1 N–H and O–H groups in total. The standard InChI is InChI=1S/C11H9N3O4S/c1-19-8-4-2-3-7(10(8)11(15)16)13-5-9(12-6-13)14(17)18/h2-6H,1H3,(H,15,16). The van der Waals surface area contributed by atoms with Gasteiger partial charge in [0.05, 0.1) is 11.3 Å². The molecular weight excluding hydrogens is 270 g/mol. The number of rotatable bonds is 4. The van der Waals surface area contributed by atoms with Gasteiger partial charge in [-0.05, 0) is 28.3 Å². The van der Waals surface area contributed by atoms with Crippen molar-refractivity contribution in [3.63, 3.8) is 0 Å². The molecule has 0 aliphatic heterocycles. The van der Waals surface area contributed by atoms with Gasteiger partial charge in [0.1, 0.15) is 6.20 Å². The van der Waals surface area contributed by atoms with Crippen LogP contribution >= 0.6 is 11.8 Å². The summed E-state index contributed by atoms with van der Waals surface area (Å²) in [4.78, 5) is 25.5. The van der Waals surface area contributed by atoms with E-state index in [1.165, 1.54) is 28.9 Å². The van der Waals surface area contributed by atoms with E-state index < -0.39 is 10.9 Å². The van der Waals surface area contributed by atoms with Crippen molar-refractivity contribution in [3.8, 4) is 5.69 Å². The van der Waals surface area contributed by atoms with Crippen LogP contribution in [0.2, 0.25) is 0 Å². The molecule has 0 aliphatic rings. The number of carbonyl (C=O) groups is 1. The lowest BCUT2D eigenvalue weighted by Gasteiger charge is -2.09. The molecule has 0 aliphatic carbocycles. The van der Waals surface area contributed by atoms with E-state index in [0.717, 1.165) is 0 Å². The molecule has 0 bridgehead atoms. The van der Waals surface area contributed by atoms with Gasteiger partial charge in [-0.2, -0.15) is 0 Å². The maximum Gasteiger partial charge on any atom is 0.381 e. The molecule has 1 aromatic heterocycles. The average molecular weight is 279 g/mol. The molecule has 19 heavy (non-hydrogen) atoms. The minimum Gasteiger partial charge on any atom is -0.478 e. The Morgan fingerprint density at radius 3 is 2.79 bits per heavy atom. The minimum absolute atomic E-state index is 0.0993. The first kappa shape index (κ1) is 13.1. The van der Waals surface area contributed by atoms with Crippen molar-refractivity contribution < 1.29 is 14.8 Å². The normalized spacial score (nSPS) is 10.4. The van der Waals surface area contributed by atoms with E-state index in [4.69, 9.17) is 0 Å². The Hall–Kier alpha value is -2.35. The first-order valence-corrected chi connectivity index (χ1v) is 6.36. The highest BCUT2D eigenvalue weighted by molar-refractivity contribution is 7.98. The topological polar surface area (TPSA) is 98.3 Å². The van der Waals surface area contributed by atoms with Crippen LogP contribution in [-0.4, -0.2) is 31.8 Å². The second-order valence-corrected chi connectivity index (χ2v) is 4.40. The molecule has 0 radical (unpaired) electrons. The highest BCUT2D eigenvalue weighted by atomic mass is 32.2. The lowest BCUT2D eigenvalue weighted by atomic mass is 10.2. The Morgan fingerprint density at radius 2 is 2.26 bits per heavy atom. The predicted molar refractivity (Wildman–Crippen MR) is 69.0 cm³/mol. The van der Waals surface area contributed by atoms with E-state index in [0.29, 0.717) is 10.6 Å². The van der Waals surface area contributed by atoms with Gasteiger partial charge in [0.15, 0.2) is 0 Å². The largest absolute Gasteiger partial charge is 0.478 e. The molecule has 2 aromatic rings. The van der Waals surface area contributed by atoms with Crippen molar-refractivity contribution in [2.24, 2.45) is 0 Å². The van der Waals surface area contributed by atoms with Crippen LogP contribution in [-0.2, 0) is 0 Å². The van der Waals surface area contributed by atoms with Gasteiger partial charge in [0, 0.05) is 4.90 Å². The monoisotopic (exact) mass is 279 g/mol. The highest BCUT2D eigenvalue weighted by Crippen LogP contribution is 2.26. The summed E-state index contributed by atoms with van der Waals surface area (Å²) in [5, 5.41) is 19.9. The van der Waals surface area contributed by atoms with Gasteiger partial charge >= 0.3 is 11.8 Å². The molecule has 0 amide bonds. The van der Waals surface area contributed by atoms with Crippen molar-refractivity contribution in [2.45, 2.75) is 4.90 Å². The summed E-state index contributed by atoms with van der Waals surface area (Å²) in [7, 11) is 0. The lowest BCUT2D eigenvalue weighted by molar-refractivity contribution is -0.389. The third-order valence-corrected chi connectivity index (χ3v) is 3.25. The summed E-state index contributed by atoms with van der Waals surface area (Å²) in [5.41, 5.74) is 0.447. The zero-order chi connectivity index (χ0) is 14.0. The SMILES string of the molecule is CSc1cccc(-n2cnc([N+](=O)[O-])c2)c1C(=O)O. The fourth-order valence-electron chi connectivity index (χ4n) is 1.66. The number of carboxylic acids is 1. The molecular formula is C11H9N3O4S. The van der Waals surface area contributed by atoms with Crippen molar-refractivity contribution >= 4 is 23.5 Å². The summed E-state index contributed by atoms with van der Waals surface area (Å²) in [6, 6.07) is 4.96. The first-order chi connectivity index (χ1) is 9.04. The van der Waals surface area contributed by atoms with E-state index in [1.54, 1.807) is 24.5 Å². The van der Waals surface area contributed by atoms with Crippen molar-refractivity contribution in [1.29, 1.82) is 0 Å². The van der Waals surface area contributed by atoms with Gasteiger partial charge in [-0.3, -0.25) is 4.57 Å². The molecule has 1 aromatic carbocycles. The van der Waals surface area contributed by atoms with Crippen LogP contribution in [0.15, 0.2) is 35.6 Å². The Morgan fingerprint density at radius 1 is 1.53 bits per heavy atom. The van der Waals surface area contributed by atoms with Crippen LogP contribution < -0.4 is 0 Å². The molecule has 1 heterocycles. The molecule has 0 spiro atoms. The predicted octanol–water partition coefficient (Wildman–Crippen LogP) is 2.20. The molecule has 0 atom stereocenters. The molecule has 0 unspecified atom stereocenters. The zero-order valence-electron chi connectivity index (χ0n) is 9.81. The number of nitro groups is 1. The van der Waals surface area contributed by atoms with Gasteiger partial charge in [-0.25, -0.2) is 4.79 Å². The van der Waals surface area contributed by atoms with Crippen LogP contribution in [0.5, 0.6) is 0 Å². The fourth-order valence-corrected chi connectivity index (χ4v) is 2.27. The van der Waals surface area contributed by atoms with Crippen LogP contribution in [0, 0.1) is 10.1 Å². The Labute approximate surface area is 112 Å². The summed E-state index contributed by atoms with van der Waals surface area (Å²) < 4.78 is 1.33. The van der Waals surface area contributed by atoms with Crippen molar-refractivity contribution in [3.05, 3.63) is 46.4 Å². The van der Waals surface area contributed by atoms with E-state index in [2.05, 4.69) is 4.98 Å². The number of aromatic carboxylic acids is 1. The Bertz CT molecular complexity index is 653. The van der Waals surface area contributed by atoms with Gasteiger partial charge in [0.25, 0.3) is 0 Å². The Balaban J connectivity index is 2.60. The number of hydrogen-bond acceptors (Lipinski definition) is 5. The third-order valence-electron chi connectivity index (χ3n) is 2.47. The van der Waals surface area contributed by atoms with E-state index in [9.17, 15) is 20.0 Å². The second kappa shape index (κ2) is 5.11. The summed E-state index contributed by atoms with van der Waals surface area (Å²) in [6.07, 6.45) is 4.18. The van der Waals surface area contributed by atoms with Crippen molar-refractivity contribution in [2.75, 3.05) is 6.26 Å². The van der Waals surface area contributed by atoms with E-state index in [1.807, 2.05) is 0 Å². The molecule has 0 fully saturated rings. The number of imidazole rings is 1. The fraction of sp³-hybridized carbons (Fsp3) is 0.0909. The molecule has 7 nitrogen and oxygen atoms in total. The molecule has 0 saturated heterocycles. The van der Waals surface area contributed by atoms with Crippen LogP contribution in [0.1, 0.15) is 10.4 Å². The minimum atomic E-state index is -1.09. The summed E-state index contributed by atoms with van der Waals surface area (Å²) >= 11 is 1.30. The van der Waals surface area contributed by atoms with Crippen LogP contribution in [0.3, 0.4) is 0 Å². The third kappa shape index (κ3) is 2.43. The number of benzene rings is 1. The number of hydrogen-bond donors (Lipinski definition) is 1. The Kier molecular flexibility index (Phi) is 3.52. The second-order valence-electron chi connectivity index (χ2n) is 3.56. The maximum absolute atomic E-state index is 11.3. The maximum atomic E-state index is 11.3. The molecule has 2 rings (SSSR count). The van der Waals surface area contributed by atoms with Gasteiger partial charge < -0.3 is 15.2 Å². The van der Waals surface area contributed by atoms with Crippen LogP contribution in [0.25, 0.3) is 5.69 Å². The van der Waals surface area contributed by atoms with Crippen molar-refractivity contribution in [1.82, 2.24) is 9.55 Å². The van der Waals surface area contributed by atoms with Gasteiger partial charge in [0.2, 0.25) is 6.33 Å². The van der Waals surface area contributed by atoms with Gasteiger partial charge in [-0.1, -0.05) is 6.07 Å². The zero-order valence-corrected chi connectivity index (χ0v) is 10.6.